The van der Waals surface area contributed by atoms with Crippen LogP contribution in [0.15, 0.2) is 23.9 Å². The molecule has 1 aromatic rings. The van der Waals surface area contributed by atoms with E-state index >= 15 is 0 Å². The van der Waals surface area contributed by atoms with Crippen LogP contribution in [0.4, 0.5) is 10.5 Å². The second kappa shape index (κ2) is 5.82. The summed E-state index contributed by atoms with van der Waals surface area (Å²) < 4.78 is 0. The van der Waals surface area contributed by atoms with Crippen LogP contribution < -0.4 is 5.32 Å². The molecule has 3 amide bonds. The number of carbonyl (C=O) groups is 3. The van der Waals surface area contributed by atoms with Crippen LogP contribution in [0.2, 0.25) is 5.02 Å². The Labute approximate surface area is 127 Å². The lowest BCUT2D eigenvalue weighted by Crippen LogP contribution is -2.35. The number of nitrogens with zero attached hydrogens (tertiary/aromatic N) is 2. The Balaban J connectivity index is 2.36. The molecule has 1 fully saturated rings. The van der Waals surface area contributed by atoms with Gasteiger partial charge in [0.05, 0.1) is 4.92 Å². The molecule has 0 aromatic heterocycles. The van der Waals surface area contributed by atoms with Crippen molar-refractivity contribution in [3.8, 4) is 0 Å². The van der Waals surface area contributed by atoms with E-state index in [-0.39, 0.29) is 22.0 Å². The van der Waals surface area contributed by atoms with Crippen molar-refractivity contribution in [1.82, 2.24) is 10.2 Å². The van der Waals surface area contributed by atoms with Crippen LogP contribution in [-0.2, 0) is 9.59 Å². The minimum atomic E-state index is -1.35. The number of carbonyl (C=O) groups excluding carboxylic acids is 2. The molecule has 1 saturated heterocycles. The predicted molar refractivity (Wildman–Crippen MR) is 74.0 cm³/mol. The summed E-state index contributed by atoms with van der Waals surface area (Å²) in [4.78, 5) is 44.6. The number of non-ortho nitro benzene ring substituents is 1. The molecule has 0 unspecified atom stereocenters. The van der Waals surface area contributed by atoms with Gasteiger partial charge in [-0.2, -0.15) is 0 Å². The second-order valence-electron chi connectivity index (χ2n) is 4.24. The summed E-state index contributed by atoms with van der Waals surface area (Å²) in [5.41, 5.74) is -0.305. The molecule has 0 radical (unpaired) electrons. The first kappa shape index (κ1) is 15.4. The zero-order valence-corrected chi connectivity index (χ0v) is 11.5. The standard InChI is InChI=1S/C12H8ClN3O6/c13-8-2-1-7(16(21)22)3-6(8)4-9-11(19)15(5-10(17)18)12(20)14-9/h1-4H,5H2,(H,14,20)(H,17,18)/b9-4+. The van der Waals surface area contributed by atoms with E-state index in [2.05, 4.69) is 5.32 Å². The summed E-state index contributed by atoms with van der Waals surface area (Å²) in [5, 5.41) is 21.7. The number of imide groups is 1. The smallest absolute Gasteiger partial charge is 0.329 e. The van der Waals surface area contributed by atoms with E-state index in [9.17, 15) is 24.5 Å². The molecule has 2 N–H and O–H groups in total. The van der Waals surface area contributed by atoms with Crippen LogP contribution in [0.1, 0.15) is 5.56 Å². The number of rotatable bonds is 4. The van der Waals surface area contributed by atoms with Gasteiger partial charge in [0.2, 0.25) is 0 Å². The van der Waals surface area contributed by atoms with Crippen LogP contribution >= 0.6 is 11.6 Å². The van der Waals surface area contributed by atoms with Crippen LogP contribution in [-0.4, -0.2) is 39.4 Å². The van der Waals surface area contributed by atoms with Crippen molar-refractivity contribution in [1.29, 1.82) is 0 Å². The highest BCUT2D eigenvalue weighted by Gasteiger charge is 2.35. The number of nitro groups is 1. The maximum atomic E-state index is 11.9. The van der Waals surface area contributed by atoms with Crippen molar-refractivity contribution in [3.05, 3.63) is 44.6 Å². The molecule has 10 heteroatoms. The first-order chi connectivity index (χ1) is 10.3. The third-order valence-corrected chi connectivity index (χ3v) is 3.09. The fourth-order valence-electron chi connectivity index (χ4n) is 1.76. The molecule has 2 rings (SSSR count). The number of hydrogen-bond acceptors (Lipinski definition) is 5. The number of halogens is 1. The van der Waals surface area contributed by atoms with E-state index in [4.69, 9.17) is 16.7 Å². The molecule has 22 heavy (non-hydrogen) atoms. The maximum Gasteiger partial charge on any atom is 0.329 e. The Hall–Kier alpha value is -2.94. The van der Waals surface area contributed by atoms with Crippen LogP contribution in [0.25, 0.3) is 6.08 Å². The van der Waals surface area contributed by atoms with Crippen LogP contribution in [0.3, 0.4) is 0 Å². The number of hydrogen-bond donors (Lipinski definition) is 2. The molecule has 0 aliphatic carbocycles. The van der Waals surface area contributed by atoms with Gasteiger partial charge in [0.15, 0.2) is 0 Å². The number of aliphatic carboxylic acids is 1. The average Bonchev–Trinajstić information content (AvgIpc) is 2.68. The third kappa shape index (κ3) is 3.04. The lowest BCUT2D eigenvalue weighted by Gasteiger charge is -2.06. The highest BCUT2D eigenvalue weighted by Crippen LogP contribution is 2.25. The Morgan fingerprint density at radius 1 is 1.45 bits per heavy atom. The zero-order valence-electron chi connectivity index (χ0n) is 10.8. The maximum absolute atomic E-state index is 11.9. The molecular weight excluding hydrogens is 318 g/mol. The molecule has 1 heterocycles. The zero-order chi connectivity index (χ0) is 16.4. The molecule has 0 atom stereocenters. The van der Waals surface area contributed by atoms with Gasteiger partial charge in [-0.25, -0.2) is 9.69 Å². The topological polar surface area (TPSA) is 130 Å². The largest absolute Gasteiger partial charge is 0.480 e. The predicted octanol–water partition coefficient (Wildman–Crippen LogP) is 1.23. The summed E-state index contributed by atoms with van der Waals surface area (Å²) in [6.45, 7) is -0.787. The van der Waals surface area contributed by atoms with Gasteiger partial charge < -0.3 is 10.4 Å². The quantitative estimate of drug-likeness (QED) is 0.370. The highest BCUT2D eigenvalue weighted by molar-refractivity contribution is 6.32. The van der Waals surface area contributed by atoms with E-state index in [1.165, 1.54) is 12.1 Å². The Morgan fingerprint density at radius 3 is 2.73 bits per heavy atom. The van der Waals surface area contributed by atoms with Gasteiger partial charge in [0.25, 0.3) is 11.6 Å². The van der Waals surface area contributed by atoms with Crippen LogP contribution in [0.5, 0.6) is 0 Å². The number of nitro benzene ring substituents is 1. The fourth-order valence-corrected chi connectivity index (χ4v) is 1.93. The SMILES string of the molecule is O=C(O)CN1C(=O)N/C(=C/c2cc([N+](=O)[O-])ccc2Cl)C1=O. The van der Waals surface area contributed by atoms with Crippen LogP contribution in [0, 0.1) is 10.1 Å². The second-order valence-corrected chi connectivity index (χ2v) is 4.64. The van der Waals surface area contributed by atoms with Crippen molar-refractivity contribution in [2.75, 3.05) is 6.54 Å². The van der Waals surface area contributed by atoms with Gasteiger partial charge in [-0.1, -0.05) is 11.6 Å². The van der Waals surface area contributed by atoms with Gasteiger partial charge in [0, 0.05) is 22.7 Å². The molecular formula is C12H8ClN3O6. The lowest BCUT2D eigenvalue weighted by molar-refractivity contribution is -0.384. The first-order valence-corrected chi connectivity index (χ1v) is 6.17. The molecule has 0 bridgehead atoms. The lowest BCUT2D eigenvalue weighted by atomic mass is 10.1. The molecule has 1 aliphatic heterocycles. The van der Waals surface area contributed by atoms with Gasteiger partial charge in [-0.15, -0.1) is 0 Å². The summed E-state index contributed by atoms with van der Waals surface area (Å²) in [7, 11) is 0. The minimum absolute atomic E-state index is 0.136. The molecule has 114 valence electrons. The summed E-state index contributed by atoms with van der Waals surface area (Å²) >= 11 is 5.89. The number of carboxylic acid groups (broad SMARTS) is 1. The van der Waals surface area contributed by atoms with Crippen molar-refractivity contribution in [2.24, 2.45) is 0 Å². The van der Waals surface area contributed by atoms with E-state index in [1.54, 1.807) is 0 Å². The van der Waals surface area contributed by atoms with E-state index in [0.717, 1.165) is 12.1 Å². The monoisotopic (exact) mass is 325 g/mol. The number of carboxylic acids is 1. The molecule has 0 spiro atoms. The Morgan fingerprint density at radius 2 is 2.14 bits per heavy atom. The fraction of sp³-hybridized carbons (Fsp3) is 0.0833. The number of amides is 3. The molecule has 9 nitrogen and oxygen atoms in total. The van der Waals surface area contributed by atoms with Crippen molar-refractivity contribution in [3.63, 3.8) is 0 Å². The number of benzene rings is 1. The van der Waals surface area contributed by atoms with Crippen molar-refractivity contribution >= 4 is 41.3 Å². The molecule has 1 aliphatic rings. The van der Waals surface area contributed by atoms with Crippen molar-refractivity contribution < 1.29 is 24.4 Å². The summed E-state index contributed by atoms with van der Waals surface area (Å²) in [6, 6.07) is 2.72. The Kier molecular flexibility index (Phi) is 4.08. The number of nitrogens with one attached hydrogen (secondary N) is 1. The molecule has 0 saturated carbocycles. The van der Waals surface area contributed by atoms with Crippen molar-refractivity contribution in [2.45, 2.75) is 0 Å². The third-order valence-electron chi connectivity index (χ3n) is 2.75. The summed E-state index contributed by atoms with van der Waals surface area (Å²) in [6.07, 6.45) is 1.15. The normalized spacial score (nSPS) is 16.0. The van der Waals surface area contributed by atoms with Gasteiger partial charge >= 0.3 is 12.0 Å². The van der Waals surface area contributed by atoms with Gasteiger partial charge in [-0.3, -0.25) is 19.7 Å². The number of urea groups is 1. The average molecular weight is 326 g/mol. The van der Waals surface area contributed by atoms with E-state index in [0.29, 0.717) is 4.90 Å². The van der Waals surface area contributed by atoms with E-state index in [1.807, 2.05) is 0 Å². The molecule has 1 aromatic carbocycles. The van der Waals surface area contributed by atoms with Gasteiger partial charge in [0.1, 0.15) is 12.2 Å². The Bertz CT molecular complexity index is 730. The van der Waals surface area contributed by atoms with Gasteiger partial charge in [-0.05, 0) is 12.1 Å². The minimum Gasteiger partial charge on any atom is -0.480 e. The van der Waals surface area contributed by atoms with E-state index < -0.39 is 29.4 Å². The first-order valence-electron chi connectivity index (χ1n) is 5.80. The summed E-state index contributed by atoms with van der Waals surface area (Å²) in [5.74, 6) is -2.20. The highest BCUT2D eigenvalue weighted by atomic mass is 35.5.